The molecule has 0 aliphatic rings. The highest BCUT2D eigenvalue weighted by atomic mass is 32.2. The number of rotatable bonds is 4. The van der Waals surface area contributed by atoms with Crippen molar-refractivity contribution in [1.29, 1.82) is 0 Å². The molecule has 2 aromatic carbocycles. The summed E-state index contributed by atoms with van der Waals surface area (Å²) in [5.74, 6) is -0.0905. The molecule has 4 nitrogen and oxygen atoms in total. The average Bonchev–Trinajstić information content (AvgIpc) is 2.89. The van der Waals surface area contributed by atoms with Gasteiger partial charge in [-0.05, 0) is 29.8 Å². The van der Waals surface area contributed by atoms with Crippen LogP contribution < -0.4 is 5.73 Å². The molecule has 0 saturated heterocycles. The summed E-state index contributed by atoms with van der Waals surface area (Å²) in [7, 11) is 0. The van der Waals surface area contributed by atoms with E-state index in [1.807, 2.05) is 6.07 Å². The van der Waals surface area contributed by atoms with Gasteiger partial charge in [0.2, 0.25) is 0 Å². The number of thioether (sulfide) groups is 1. The molecule has 6 heteroatoms. The Kier molecular flexibility index (Phi) is 3.62. The highest BCUT2D eigenvalue weighted by Gasteiger charge is 2.11. The summed E-state index contributed by atoms with van der Waals surface area (Å²) in [6.07, 6.45) is 0. The molecule has 1 amide bonds. The molecule has 0 saturated carbocycles. The van der Waals surface area contributed by atoms with Crippen LogP contribution in [0.5, 0.6) is 0 Å². The van der Waals surface area contributed by atoms with Gasteiger partial charge in [-0.2, -0.15) is 0 Å². The SMILES string of the molecule is NC(=O)c1cccc2[nH]c(SCc3ccc(F)cc3)nc12. The normalized spacial score (nSPS) is 10.9. The van der Waals surface area contributed by atoms with E-state index in [4.69, 9.17) is 5.73 Å². The van der Waals surface area contributed by atoms with Crippen LogP contribution >= 0.6 is 11.8 Å². The van der Waals surface area contributed by atoms with Gasteiger partial charge in [-0.25, -0.2) is 9.37 Å². The van der Waals surface area contributed by atoms with Crippen LogP contribution in [0.2, 0.25) is 0 Å². The molecule has 1 aromatic heterocycles. The molecule has 0 spiro atoms. The van der Waals surface area contributed by atoms with E-state index in [1.54, 1.807) is 24.3 Å². The van der Waals surface area contributed by atoms with E-state index >= 15 is 0 Å². The zero-order chi connectivity index (χ0) is 14.8. The Hall–Kier alpha value is -2.34. The van der Waals surface area contributed by atoms with Crippen molar-refractivity contribution >= 4 is 28.7 Å². The smallest absolute Gasteiger partial charge is 0.250 e. The monoisotopic (exact) mass is 301 g/mol. The van der Waals surface area contributed by atoms with Crippen LogP contribution in [0.25, 0.3) is 11.0 Å². The lowest BCUT2D eigenvalue weighted by atomic mass is 10.2. The number of H-pyrrole nitrogens is 1. The summed E-state index contributed by atoms with van der Waals surface area (Å²) in [6, 6.07) is 11.6. The number of aromatic amines is 1. The minimum atomic E-state index is -0.498. The predicted octanol–water partition coefficient (Wildman–Crippen LogP) is 3.09. The van der Waals surface area contributed by atoms with Crippen molar-refractivity contribution in [2.45, 2.75) is 10.9 Å². The summed E-state index contributed by atoms with van der Waals surface area (Å²) in [6.45, 7) is 0. The zero-order valence-corrected chi connectivity index (χ0v) is 11.8. The van der Waals surface area contributed by atoms with Gasteiger partial charge in [0.1, 0.15) is 11.3 Å². The van der Waals surface area contributed by atoms with Crippen molar-refractivity contribution in [1.82, 2.24) is 9.97 Å². The molecule has 1 heterocycles. The molecule has 21 heavy (non-hydrogen) atoms. The standard InChI is InChI=1S/C15H12FN3OS/c16-10-6-4-9(5-7-10)8-21-15-18-12-3-1-2-11(14(17)20)13(12)19-15/h1-7H,8H2,(H2,17,20)(H,18,19). The predicted molar refractivity (Wildman–Crippen MR) is 80.6 cm³/mol. The van der Waals surface area contributed by atoms with E-state index in [2.05, 4.69) is 9.97 Å². The maximum absolute atomic E-state index is 12.8. The first-order chi connectivity index (χ1) is 10.1. The Morgan fingerprint density at radius 1 is 1.24 bits per heavy atom. The zero-order valence-electron chi connectivity index (χ0n) is 11.0. The minimum Gasteiger partial charge on any atom is -0.366 e. The average molecular weight is 301 g/mol. The van der Waals surface area contributed by atoms with E-state index in [1.165, 1.54) is 23.9 Å². The Bertz CT molecular complexity index is 798. The fourth-order valence-corrected chi connectivity index (χ4v) is 2.84. The van der Waals surface area contributed by atoms with Crippen LogP contribution in [0, 0.1) is 5.82 Å². The number of para-hydroxylation sites is 1. The fraction of sp³-hybridized carbons (Fsp3) is 0.0667. The molecular formula is C15H12FN3OS. The molecule has 0 bridgehead atoms. The van der Waals surface area contributed by atoms with Crippen LogP contribution in [0.4, 0.5) is 4.39 Å². The van der Waals surface area contributed by atoms with Crippen LogP contribution in [-0.4, -0.2) is 15.9 Å². The quantitative estimate of drug-likeness (QED) is 0.727. The summed E-state index contributed by atoms with van der Waals surface area (Å²) >= 11 is 1.48. The van der Waals surface area contributed by atoms with Crippen LogP contribution in [0.15, 0.2) is 47.6 Å². The topological polar surface area (TPSA) is 71.8 Å². The van der Waals surface area contributed by atoms with Crippen LogP contribution in [0.3, 0.4) is 0 Å². The fourth-order valence-electron chi connectivity index (χ4n) is 2.01. The van der Waals surface area contributed by atoms with Gasteiger partial charge in [0.05, 0.1) is 11.1 Å². The molecule has 0 fully saturated rings. The first-order valence-corrected chi connectivity index (χ1v) is 7.28. The first-order valence-electron chi connectivity index (χ1n) is 6.29. The van der Waals surface area contributed by atoms with Crippen molar-refractivity contribution < 1.29 is 9.18 Å². The third-order valence-electron chi connectivity index (χ3n) is 3.05. The number of aromatic nitrogens is 2. The number of halogens is 1. The summed E-state index contributed by atoms with van der Waals surface area (Å²) < 4.78 is 12.8. The van der Waals surface area contributed by atoms with Gasteiger partial charge < -0.3 is 10.7 Å². The number of primary amides is 1. The van der Waals surface area contributed by atoms with Gasteiger partial charge in [-0.1, -0.05) is 30.0 Å². The number of hydrogen-bond acceptors (Lipinski definition) is 3. The van der Waals surface area contributed by atoms with Gasteiger partial charge in [-0.3, -0.25) is 4.79 Å². The van der Waals surface area contributed by atoms with Crippen LogP contribution in [0.1, 0.15) is 15.9 Å². The van der Waals surface area contributed by atoms with Gasteiger partial charge in [0.15, 0.2) is 5.16 Å². The van der Waals surface area contributed by atoms with Crippen molar-refractivity contribution in [2.75, 3.05) is 0 Å². The molecule has 0 unspecified atom stereocenters. The molecule has 106 valence electrons. The molecule has 3 aromatic rings. The number of benzene rings is 2. The second-order valence-corrected chi connectivity index (χ2v) is 5.49. The number of nitrogens with zero attached hydrogens (tertiary/aromatic N) is 1. The summed E-state index contributed by atoms with van der Waals surface area (Å²) in [4.78, 5) is 18.9. The number of nitrogens with two attached hydrogens (primary N) is 1. The maximum atomic E-state index is 12.8. The van der Waals surface area contributed by atoms with Gasteiger partial charge in [0.25, 0.3) is 5.91 Å². The maximum Gasteiger partial charge on any atom is 0.250 e. The molecule has 0 aliphatic carbocycles. The van der Waals surface area contributed by atoms with Crippen LogP contribution in [-0.2, 0) is 5.75 Å². The highest BCUT2D eigenvalue weighted by Crippen LogP contribution is 2.24. The van der Waals surface area contributed by atoms with E-state index in [0.717, 1.165) is 11.1 Å². The number of imidazole rings is 1. The van der Waals surface area contributed by atoms with E-state index in [0.29, 0.717) is 22.0 Å². The number of hydrogen-bond donors (Lipinski definition) is 2. The summed E-state index contributed by atoms with van der Waals surface area (Å²) in [5, 5.41) is 0.697. The van der Waals surface area contributed by atoms with Crippen molar-refractivity contribution in [3.05, 3.63) is 59.4 Å². The molecular weight excluding hydrogens is 289 g/mol. The molecule has 0 aliphatic heterocycles. The Morgan fingerprint density at radius 2 is 2.00 bits per heavy atom. The number of amides is 1. The van der Waals surface area contributed by atoms with Gasteiger partial charge >= 0.3 is 0 Å². The highest BCUT2D eigenvalue weighted by molar-refractivity contribution is 7.98. The van der Waals surface area contributed by atoms with E-state index in [-0.39, 0.29) is 5.82 Å². The van der Waals surface area contributed by atoms with E-state index < -0.39 is 5.91 Å². The number of carbonyl (C=O) groups excluding carboxylic acids is 1. The van der Waals surface area contributed by atoms with Gasteiger partial charge in [0, 0.05) is 5.75 Å². The number of carbonyl (C=O) groups is 1. The molecule has 3 N–H and O–H groups in total. The molecule has 0 radical (unpaired) electrons. The molecule has 3 rings (SSSR count). The van der Waals surface area contributed by atoms with Crippen molar-refractivity contribution in [2.24, 2.45) is 5.73 Å². The second kappa shape index (κ2) is 5.57. The van der Waals surface area contributed by atoms with Crippen molar-refractivity contribution in [3.8, 4) is 0 Å². The third kappa shape index (κ3) is 2.90. The Morgan fingerprint density at radius 3 is 2.71 bits per heavy atom. The Balaban J connectivity index is 1.83. The Labute approximate surface area is 124 Å². The van der Waals surface area contributed by atoms with E-state index in [9.17, 15) is 9.18 Å². The summed E-state index contributed by atoms with van der Waals surface area (Å²) in [5.41, 5.74) is 8.08. The minimum absolute atomic E-state index is 0.251. The molecule has 0 atom stereocenters. The third-order valence-corrected chi connectivity index (χ3v) is 3.99. The lowest BCUT2D eigenvalue weighted by molar-refractivity contribution is 0.100. The van der Waals surface area contributed by atoms with Gasteiger partial charge in [-0.15, -0.1) is 0 Å². The van der Waals surface area contributed by atoms with Crippen molar-refractivity contribution in [3.63, 3.8) is 0 Å². The largest absolute Gasteiger partial charge is 0.366 e. The number of fused-ring (bicyclic) bond motifs is 1. The number of nitrogens with one attached hydrogen (secondary N) is 1. The lowest BCUT2D eigenvalue weighted by Gasteiger charge is -1.98. The second-order valence-electron chi connectivity index (χ2n) is 4.52. The first kappa shape index (κ1) is 13.6. The lowest BCUT2D eigenvalue weighted by Crippen LogP contribution is -2.11.